The Morgan fingerprint density at radius 2 is 0.615 bits per heavy atom. The number of nitrogens with zero attached hydrogens (tertiary/aromatic N) is 1. The first-order valence-corrected chi connectivity index (χ1v) is 12.2. The molecule has 157 valence electrons. The molecule has 0 bridgehead atoms. The van der Waals surface area contributed by atoms with Gasteiger partial charge in [0.1, 0.15) is 0 Å². The Morgan fingerprint density at radius 1 is 0.385 bits per heavy atom. The fourth-order valence-corrected chi connectivity index (χ4v) is 3.79. The molecule has 0 saturated heterocycles. The summed E-state index contributed by atoms with van der Waals surface area (Å²) in [6.07, 6.45) is 30.2. The highest BCUT2D eigenvalue weighted by Gasteiger charge is 1.96. The number of rotatable bonds is 22. The summed E-state index contributed by atoms with van der Waals surface area (Å²) < 4.78 is 0. The van der Waals surface area contributed by atoms with Crippen molar-refractivity contribution in [1.29, 1.82) is 0 Å². The maximum Gasteiger partial charge on any atom is -0.00248 e. The van der Waals surface area contributed by atoms with Crippen molar-refractivity contribution < 1.29 is 0 Å². The van der Waals surface area contributed by atoms with Gasteiger partial charge >= 0.3 is 0 Å². The van der Waals surface area contributed by atoms with Crippen LogP contribution >= 0.6 is 0 Å². The Kier molecular flexibility index (Phi) is 23.0. The van der Waals surface area contributed by atoms with Crippen LogP contribution in [0.15, 0.2) is 0 Å². The highest BCUT2D eigenvalue weighted by Crippen LogP contribution is 2.15. The monoisotopic (exact) mass is 366 g/mol. The second-order valence-corrected chi connectivity index (χ2v) is 8.73. The molecule has 0 aromatic heterocycles. The lowest BCUT2D eigenvalue weighted by Crippen LogP contribution is -2.12. The standard InChI is InChI=1S/C25H52N/c1-4-5-6-7-8-9-10-11-12-13-14-15-16-17-18-19-20-21-22-23-24-25-26(2)3/h1,4-25H2,2-3H3. The van der Waals surface area contributed by atoms with Gasteiger partial charge in [-0.2, -0.15) is 0 Å². The van der Waals surface area contributed by atoms with Crippen LogP contribution < -0.4 is 0 Å². The van der Waals surface area contributed by atoms with E-state index in [-0.39, 0.29) is 0 Å². The summed E-state index contributed by atoms with van der Waals surface area (Å²) in [6, 6.07) is 0. The number of hydrogen-bond acceptors (Lipinski definition) is 1. The molecule has 0 fully saturated rings. The summed E-state index contributed by atoms with van der Waals surface area (Å²) in [5, 5.41) is 0. The van der Waals surface area contributed by atoms with Crippen LogP contribution in [-0.2, 0) is 0 Å². The van der Waals surface area contributed by atoms with Gasteiger partial charge in [-0.1, -0.05) is 135 Å². The molecule has 26 heavy (non-hydrogen) atoms. The van der Waals surface area contributed by atoms with Crippen molar-refractivity contribution in [2.24, 2.45) is 0 Å². The Bertz CT molecular complexity index is 236. The van der Waals surface area contributed by atoms with E-state index < -0.39 is 0 Å². The molecule has 0 rings (SSSR count). The average molecular weight is 367 g/mol. The van der Waals surface area contributed by atoms with E-state index >= 15 is 0 Å². The Hall–Kier alpha value is -0.0400. The minimum Gasteiger partial charge on any atom is -0.309 e. The first kappa shape index (κ1) is 26.0. The molecule has 1 nitrogen and oxygen atoms in total. The van der Waals surface area contributed by atoms with Gasteiger partial charge in [-0.15, -0.1) is 0 Å². The fourth-order valence-electron chi connectivity index (χ4n) is 3.79. The highest BCUT2D eigenvalue weighted by molar-refractivity contribution is 4.52. The van der Waals surface area contributed by atoms with Crippen LogP contribution in [0.25, 0.3) is 0 Å². The normalized spacial score (nSPS) is 11.5. The van der Waals surface area contributed by atoms with Gasteiger partial charge in [-0.3, -0.25) is 0 Å². The van der Waals surface area contributed by atoms with Gasteiger partial charge in [0, 0.05) is 0 Å². The molecule has 0 aliphatic heterocycles. The zero-order chi connectivity index (χ0) is 19.1. The van der Waals surface area contributed by atoms with E-state index in [4.69, 9.17) is 0 Å². The third-order valence-corrected chi connectivity index (χ3v) is 5.61. The molecule has 0 aliphatic rings. The molecule has 0 N–H and O–H groups in total. The van der Waals surface area contributed by atoms with Gasteiger partial charge in [0.15, 0.2) is 0 Å². The zero-order valence-corrected chi connectivity index (χ0v) is 18.7. The minimum atomic E-state index is 1.12. The van der Waals surface area contributed by atoms with Crippen LogP contribution in [0.5, 0.6) is 0 Å². The number of unbranched alkanes of at least 4 members (excludes halogenated alkanes) is 20. The van der Waals surface area contributed by atoms with E-state index in [1.165, 1.54) is 135 Å². The van der Waals surface area contributed by atoms with Crippen LogP contribution in [-0.4, -0.2) is 25.5 Å². The molecule has 0 spiro atoms. The smallest absolute Gasteiger partial charge is 0.00248 e. The predicted octanol–water partition coefficient (Wildman–Crippen LogP) is 8.57. The van der Waals surface area contributed by atoms with Crippen molar-refractivity contribution in [3.8, 4) is 0 Å². The topological polar surface area (TPSA) is 3.24 Å². The molecule has 0 aromatic carbocycles. The first-order chi connectivity index (χ1) is 12.8. The van der Waals surface area contributed by atoms with Crippen molar-refractivity contribution >= 4 is 0 Å². The van der Waals surface area contributed by atoms with Crippen molar-refractivity contribution in [3.63, 3.8) is 0 Å². The average Bonchev–Trinajstić information content (AvgIpc) is 2.62. The minimum absolute atomic E-state index is 1.12. The molecule has 0 saturated carbocycles. The predicted molar refractivity (Wildman–Crippen MR) is 121 cm³/mol. The number of hydrogen-bond donors (Lipinski definition) is 0. The Labute approximate surface area is 167 Å². The Morgan fingerprint density at radius 3 is 0.846 bits per heavy atom. The van der Waals surface area contributed by atoms with Crippen molar-refractivity contribution in [3.05, 3.63) is 6.92 Å². The third kappa shape index (κ3) is 24.0. The summed E-state index contributed by atoms with van der Waals surface area (Å²) in [7, 11) is 4.35. The van der Waals surface area contributed by atoms with E-state index in [9.17, 15) is 0 Å². The summed E-state index contributed by atoms with van der Waals surface area (Å²) >= 11 is 0. The lowest BCUT2D eigenvalue weighted by molar-refractivity contribution is 0.389. The third-order valence-electron chi connectivity index (χ3n) is 5.61. The lowest BCUT2D eigenvalue weighted by Gasteiger charge is -2.08. The largest absolute Gasteiger partial charge is 0.309 e. The molecule has 0 unspecified atom stereocenters. The molecule has 1 radical (unpaired) electrons. The van der Waals surface area contributed by atoms with Gasteiger partial charge in [0.25, 0.3) is 0 Å². The highest BCUT2D eigenvalue weighted by atomic mass is 15.0. The maximum atomic E-state index is 3.91. The molecular weight excluding hydrogens is 314 g/mol. The molecule has 0 atom stereocenters. The Balaban J connectivity index is 2.97. The first-order valence-electron chi connectivity index (χ1n) is 12.2. The van der Waals surface area contributed by atoms with E-state index in [1.807, 2.05) is 0 Å². The van der Waals surface area contributed by atoms with E-state index in [0.717, 1.165) is 6.42 Å². The van der Waals surface area contributed by atoms with Crippen LogP contribution in [0.4, 0.5) is 0 Å². The van der Waals surface area contributed by atoms with Gasteiger partial charge in [0.05, 0.1) is 0 Å². The van der Waals surface area contributed by atoms with Gasteiger partial charge in [-0.05, 0) is 27.1 Å². The van der Waals surface area contributed by atoms with Crippen LogP contribution in [0.3, 0.4) is 0 Å². The van der Waals surface area contributed by atoms with E-state index in [1.54, 1.807) is 0 Å². The second-order valence-electron chi connectivity index (χ2n) is 8.73. The summed E-state index contributed by atoms with van der Waals surface area (Å²) in [6.45, 7) is 5.17. The lowest BCUT2D eigenvalue weighted by atomic mass is 10.0. The molecule has 0 heterocycles. The van der Waals surface area contributed by atoms with Crippen LogP contribution in [0, 0.1) is 6.92 Å². The molecule has 0 amide bonds. The van der Waals surface area contributed by atoms with Gasteiger partial charge < -0.3 is 4.90 Å². The molecular formula is C25H52N. The summed E-state index contributed by atoms with van der Waals surface area (Å²) in [5.41, 5.74) is 0. The van der Waals surface area contributed by atoms with Gasteiger partial charge in [-0.25, -0.2) is 0 Å². The van der Waals surface area contributed by atoms with Crippen LogP contribution in [0.1, 0.15) is 135 Å². The van der Waals surface area contributed by atoms with E-state index in [2.05, 4.69) is 25.9 Å². The quantitative estimate of drug-likeness (QED) is 0.173. The second kappa shape index (κ2) is 23.0. The maximum absolute atomic E-state index is 3.91. The van der Waals surface area contributed by atoms with Gasteiger partial charge in [0.2, 0.25) is 0 Å². The molecule has 1 heteroatoms. The van der Waals surface area contributed by atoms with E-state index in [0.29, 0.717) is 0 Å². The van der Waals surface area contributed by atoms with Crippen LogP contribution in [0.2, 0.25) is 0 Å². The SMILES string of the molecule is [CH2]CCCCCCCCCCCCCCCCCCCCCCN(C)C. The van der Waals surface area contributed by atoms with Crippen molar-refractivity contribution in [2.45, 2.75) is 135 Å². The molecule has 0 aromatic rings. The fraction of sp³-hybridized carbons (Fsp3) is 0.960. The van der Waals surface area contributed by atoms with Crippen molar-refractivity contribution in [1.82, 2.24) is 4.90 Å². The molecule has 0 aliphatic carbocycles. The summed E-state index contributed by atoms with van der Waals surface area (Å²) in [4.78, 5) is 2.30. The zero-order valence-electron chi connectivity index (χ0n) is 18.7. The van der Waals surface area contributed by atoms with Crippen molar-refractivity contribution in [2.75, 3.05) is 20.6 Å². The summed E-state index contributed by atoms with van der Waals surface area (Å²) in [5.74, 6) is 0.